The van der Waals surface area contributed by atoms with Crippen molar-refractivity contribution in [2.24, 2.45) is 12.8 Å². The Bertz CT molecular complexity index is 944. The van der Waals surface area contributed by atoms with Gasteiger partial charge in [0.2, 0.25) is 0 Å². The van der Waals surface area contributed by atoms with Crippen LogP contribution in [0.3, 0.4) is 0 Å². The predicted molar refractivity (Wildman–Crippen MR) is 89.3 cm³/mol. The van der Waals surface area contributed by atoms with Gasteiger partial charge in [-0.2, -0.15) is 5.10 Å². The molecule has 2 heterocycles. The van der Waals surface area contributed by atoms with Crippen molar-refractivity contribution in [3.63, 3.8) is 0 Å². The van der Waals surface area contributed by atoms with E-state index in [1.165, 1.54) is 22.6 Å². The van der Waals surface area contributed by atoms with Crippen molar-refractivity contribution in [2.75, 3.05) is 7.11 Å². The van der Waals surface area contributed by atoms with E-state index in [1.807, 2.05) is 18.2 Å². The summed E-state index contributed by atoms with van der Waals surface area (Å²) in [5.41, 5.74) is 6.63. The second-order valence-electron chi connectivity index (χ2n) is 5.15. The van der Waals surface area contributed by atoms with Crippen molar-refractivity contribution < 1.29 is 9.53 Å². The van der Waals surface area contributed by atoms with E-state index in [9.17, 15) is 9.59 Å². The van der Waals surface area contributed by atoms with Gasteiger partial charge in [0.25, 0.3) is 11.5 Å². The Kier molecular flexibility index (Phi) is 3.91. The lowest BCUT2D eigenvalue weighted by atomic mass is 10.0. The van der Waals surface area contributed by atoms with Gasteiger partial charge in [-0.3, -0.25) is 9.59 Å². The Balaban J connectivity index is 2.47. The Morgan fingerprint density at radius 3 is 2.46 bits per heavy atom. The van der Waals surface area contributed by atoms with Crippen molar-refractivity contribution >= 4 is 5.91 Å². The van der Waals surface area contributed by atoms with Crippen LogP contribution in [0.15, 0.2) is 53.6 Å². The number of benzene rings is 1. The molecule has 24 heavy (non-hydrogen) atoms. The molecule has 122 valence electrons. The maximum Gasteiger partial charge on any atom is 0.280 e. The molecule has 0 spiro atoms. The normalized spacial score (nSPS) is 10.6. The van der Waals surface area contributed by atoms with E-state index in [-0.39, 0.29) is 22.6 Å². The number of amides is 1. The molecule has 0 aliphatic carbocycles. The standard InChI is InChI=1S/C17H16N4O3/c1-20-13(11-7-4-3-5-8-11)12(16(18)22)15(24-2)14(17(20)23)21-10-6-9-19-21/h3-10H,1-2H3,(H2,18,22). The monoisotopic (exact) mass is 324 g/mol. The molecular formula is C17H16N4O3. The van der Waals surface area contributed by atoms with Crippen molar-refractivity contribution in [3.8, 4) is 22.7 Å². The number of pyridine rings is 1. The maximum atomic E-state index is 12.9. The Hall–Kier alpha value is -3.35. The number of primary amides is 1. The molecule has 0 saturated heterocycles. The molecule has 0 atom stereocenters. The molecule has 0 unspecified atom stereocenters. The van der Waals surface area contributed by atoms with Gasteiger partial charge in [-0.05, 0) is 11.6 Å². The first-order valence-electron chi connectivity index (χ1n) is 7.22. The van der Waals surface area contributed by atoms with Gasteiger partial charge >= 0.3 is 0 Å². The number of rotatable bonds is 4. The maximum absolute atomic E-state index is 12.9. The quantitative estimate of drug-likeness (QED) is 0.784. The smallest absolute Gasteiger partial charge is 0.280 e. The van der Waals surface area contributed by atoms with E-state index in [1.54, 1.807) is 31.4 Å². The number of hydrogen-bond donors (Lipinski definition) is 1. The fourth-order valence-corrected chi connectivity index (χ4v) is 2.72. The molecule has 3 aromatic rings. The van der Waals surface area contributed by atoms with Crippen LogP contribution < -0.4 is 16.0 Å². The fraction of sp³-hybridized carbons (Fsp3) is 0.118. The van der Waals surface area contributed by atoms with Crippen molar-refractivity contribution in [3.05, 3.63) is 64.7 Å². The molecule has 0 radical (unpaired) electrons. The second kappa shape index (κ2) is 6.04. The summed E-state index contributed by atoms with van der Waals surface area (Å²) in [7, 11) is 2.98. The van der Waals surface area contributed by atoms with E-state index < -0.39 is 5.91 Å². The molecule has 7 heteroatoms. The molecular weight excluding hydrogens is 308 g/mol. The van der Waals surface area contributed by atoms with Crippen LogP contribution in [0, 0.1) is 0 Å². The summed E-state index contributed by atoms with van der Waals surface area (Å²) in [6.45, 7) is 0. The highest BCUT2D eigenvalue weighted by Crippen LogP contribution is 2.32. The first kappa shape index (κ1) is 15.5. The number of nitrogens with zero attached hydrogens (tertiary/aromatic N) is 3. The van der Waals surface area contributed by atoms with Crippen LogP contribution in [-0.4, -0.2) is 27.4 Å². The van der Waals surface area contributed by atoms with E-state index in [0.29, 0.717) is 11.3 Å². The zero-order valence-corrected chi connectivity index (χ0v) is 13.3. The summed E-state index contributed by atoms with van der Waals surface area (Å²) in [6, 6.07) is 10.8. The van der Waals surface area contributed by atoms with Gasteiger partial charge in [-0.1, -0.05) is 30.3 Å². The minimum Gasteiger partial charge on any atom is -0.493 e. The highest BCUT2D eigenvalue weighted by Gasteiger charge is 2.26. The van der Waals surface area contributed by atoms with Gasteiger partial charge in [-0.25, -0.2) is 4.68 Å². The summed E-state index contributed by atoms with van der Waals surface area (Å²) in [6.07, 6.45) is 3.14. The average Bonchev–Trinajstić information content (AvgIpc) is 3.11. The lowest BCUT2D eigenvalue weighted by Crippen LogP contribution is -2.29. The topological polar surface area (TPSA) is 92.1 Å². The third kappa shape index (κ3) is 2.36. The Morgan fingerprint density at radius 1 is 1.21 bits per heavy atom. The van der Waals surface area contributed by atoms with Gasteiger partial charge < -0.3 is 15.0 Å². The third-order valence-corrected chi connectivity index (χ3v) is 3.75. The molecule has 3 rings (SSSR count). The van der Waals surface area contributed by atoms with E-state index in [4.69, 9.17) is 10.5 Å². The van der Waals surface area contributed by atoms with Crippen LogP contribution in [0.2, 0.25) is 0 Å². The number of carbonyl (C=O) groups is 1. The summed E-state index contributed by atoms with van der Waals surface area (Å²) >= 11 is 0. The molecule has 1 aromatic carbocycles. The number of ether oxygens (including phenoxy) is 1. The van der Waals surface area contributed by atoms with Gasteiger partial charge in [0.15, 0.2) is 11.4 Å². The summed E-state index contributed by atoms with van der Waals surface area (Å²) in [5, 5.41) is 4.07. The van der Waals surface area contributed by atoms with Gasteiger partial charge in [0.1, 0.15) is 5.56 Å². The average molecular weight is 324 g/mol. The SMILES string of the molecule is COc1c(C(N)=O)c(-c2ccccc2)n(C)c(=O)c1-n1cccn1. The van der Waals surface area contributed by atoms with Crippen LogP contribution in [-0.2, 0) is 7.05 Å². The van der Waals surface area contributed by atoms with Gasteiger partial charge in [-0.15, -0.1) is 0 Å². The lowest BCUT2D eigenvalue weighted by molar-refractivity contribution is 0.0997. The number of hydrogen-bond acceptors (Lipinski definition) is 4. The predicted octanol–water partition coefficient (Wildman–Crippen LogP) is 1.35. The molecule has 2 aromatic heterocycles. The van der Waals surface area contributed by atoms with Crippen LogP contribution >= 0.6 is 0 Å². The van der Waals surface area contributed by atoms with Crippen molar-refractivity contribution in [1.29, 1.82) is 0 Å². The lowest BCUT2D eigenvalue weighted by Gasteiger charge is -2.19. The largest absolute Gasteiger partial charge is 0.493 e. The van der Waals surface area contributed by atoms with E-state index in [2.05, 4.69) is 5.10 Å². The Labute approximate surface area is 137 Å². The highest BCUT2D eigenvalue weighted by atomic mass is 16.5. The fourth-order valence-electron chi connectivity index (χ4n) is 2.72. The first-order valence-corrected chi connectivity index (χ1v) is 7.22. The summed E-state index contributed by atoms with van der Waals surface area (Å²) in [5.74, 6) is -0.581. The van der Waals surface area contributed by atoms with Crippen LogP contribution in [0.1, 0.15) is 10.4 Å². The molecule has 0 aliphatic rings. The Morgan fingerprint density at radius 2 is 1.92 bits per heavy atom. The minimum atomic E-state index is -0.685. The zero-order chi connectivity index (χ0) is 17.3. The number of nitrogens with two attached hydrogens (primary N) is 1. The molecule has 0 saturated carbocycles. The summed E-state index contributed by atoms with van der Waals surface area (Å²) < 4.78 is 8.13. The number of carbonyl (C=O) groups excluding carboxylic acids is 1. The first-order chi connectivity index (χ1) is 11.6. The minimum absolute atomic E-state index is 0.105. The number of aromatic nitrogens is 3. The number of methoxy groups -OCH3 is 1. The van der Waals surface area contributed by atoms with Crippen LogP contribution in [0.5, 0.6) is 5.75 Å². The molecule has 2 N–H and O–H groups in total. The zero-order valence-electron chi connectivity index (χ0n) is 13.3. The second-order valence-corrected chi connectivity index (χ2v) is 5.15. The summed E-state index contributed by atoms with van der Waals surface area (Å²) in [4.78, 5) is 25.0. The van der Waals surface area contributed by atoms with E-state index >= 15 is 0 Å². The molecule has 1 amide bonds. The van der Waals surface area contributed by atoms with Crippen molar-refractivity contribution in [2.45, 2.75) is 0 Å². The van der Waals surface area contributed by atoms with Gasteiger partial charge in [0, 0.05) is 19.4 Å². The third-order valence-electron chi connectivity index (χ3n) is 3.75. The van der Waals surface area contributed by atoms with Crippen molar-refractivity contribution in [1.82, 2.24) is 14.3 Å². The molecule has 0 bridgehead atoms. The molecule has 0 aliphatic heterocycles. The van der Waals surface area contributed by atoms with E-state index in [0.717, 1.165) is 0 Å². The van der Waals surface area contributed by atoms with Crippen LogP contribution in [0.4, 0.5) is 0 Å². The molecule has 0 fully saturated rings. The van der Waals surface area contributed by atoms with Gasteiger partial charge in [0.05, 0.1) is 12.8 Å². The highest BCUT2D eigenvalue weighted by molar-refractivity contribution is 6.02. The molecule has 7 nitrogen and oxygen atoms in total. The van der Waals surface area contributed by atoms with Crippen LogP contribution in [0.25, 0.3) is 16.9 Å².